The lowest BCUT2D eigenvalue weighted by Gasteiger charge is -2.10. The van der Waals surface area contributed by atoms with E-state index in [9.17, 15) is 9.18 Å². The number of pyridine rings is 1. The number of methoxy groups -OCH3 is 1. The minimum Gasteiger partial charge on any atom is -0.494 e. The molecule has 19 heavy (non-hydrogen) atoms. The van der Waals surface area contributed by atoms with E-state index in [1.807, 2.05) is 0 Å². The molecule has 0 aliphatic carbocycles. The number of rotatable bonds is 4. The van der Waals surface area contributed by atoms with E-state index in [1.54, 1.807) is 6.07 Å². The molecule has 0 atom stereocenters. The second-order valence-corrected chi connectivity index (χ2v) is 3.71. The summed E-state index contributed by atoms with van der Waals surface area (Å²) in [4.78, 5) is 14.4. The van der Waals surface area contributed by atoms with Gasteiger partial charge in [-0.3, -0.25) is 0 Å². The Morgan fingerprint density at radius 3 is 2.74 bits per heavy atom. The summed E-state index contributed by atoms with van der Waals surface area (Å²) in [5.41, 5.74) is 1.10. The number of nitrogens with zero attached hydrogens (tertiary/aromatic N) is 1. The number of hydrogen-bond donors (Lipinski definition) is 2. The third-order valence-corrected chi connectivity index (χ3v) is 2.43. The zero-order chi connectivity index (χ0) is 13.8. The van der Waals surface area contributed by atoms with Crippen molar-refractivity contribution in [2.24, 2.45) is 0 Å². The van der Waals surface area contributed by atoms with Gasteiger partial charge in [0.1, 0.15) is 17.3 Å². The Morgan fingerprint density at radius 2 is 2.16 bits per heavy atom. The van der Waals surface area contributed by atoms with Gasteiger partial charge in [0.15, 0.2) is 0 Å². The Morgan fingerprint density at radius 1 is 1.37 bits per heavy atom. The maximum Gasteiger partial charge on any atom is 0.354 e. The van der Waals surface area contributed by atoms with E-state index in [0.29, 0.717) is 17.1 Å². The fourth-order valence-electron chi connectivity index (χ4n) is 1.52. The highest BCUT2D eigenvalue weighted by atomic mass is 19.1. The zero-order valence-corrected chi connectivity index (χ0v) is 10.1. The predicted octanol–water partition coefficient (Wildman–Crippen LogP) is 2.67. The van der Waals surface area contributed by atoms with Gasteiger partial charge in [-0.2, -0.15) is 0 Å². The second kappa shape index (κ2) is 5.34. The molecule has 98 valence electrons. The molecule has 0 fully saturated rings. The largest absolute Gasteiger partial charge is 0.494 e. The van der Waals surface area contributed by atoms with Gasteiger partial charge < -0.3 is 15.2 Å². The Labute approximate surface area is 108 Å². The first kappa shape index (κ1) is 12.8. The number of nitrogens with one attached hydrogen (secondary N) is 1. The second-order valence-electron chi connectivity index (χ2n) is 3.71. The molecule has 1 heterocycles. The van der Waals surface area contributed by atoms with Crippen LogP contribution in [0.2, 0.25) is 0 Å². The molecule has 0 radical (unpaired) electrons. The highest BCUT2D eigenvalue weighted by Crippen LogP contribution is 2.27. The van der Waals surface area contributed by atoms with E-state index in [-0.39, 0.29) is 5.69 Å². The number of carboxylic acid groups (broad SMARTS) is 1. The van der Waals surface area contributed by atoms with Gasteiger partial charge in [-0.25, -0.2) is 14.2 Å². The van der Waals surface area contributed by atoms with Crippen LogP contribution in [0.3, 0.4) is 0 Å². The topological polar surface area (TPSA) is 71.5 Å². The monoisotopic (exact) mass is 262 g/mol. The number of hydrogen-bond acceptors (Lipinski definition) is 4. The third kappa shape index (κ3) is 2.98. The molecule has 1 aromatic heterocycles. The Balaban J connectivity index is 2.23. The van der Waals surface area contributed by atoms with Crippen molar-refractivity contribution >= 4 is 17.3 Å². The van der Waals surface area contributed by atoms with Crippen molar-refractivity contribution in [3.8, 4) is 5.75 Å². The molecule has 2 N–H and O–H groups in total. The van der Waals surface area contributed by atoms with Crippen LogP contribution in [0.25, 0.3) is 0 Å². The molecule has 0 bridgehead atoms. The molecule has 5 nitrogen and oxygen atoms in total. The minimum atomic E-state index is -1.09. The molecule has 0 amide bonds. The summed E-state index contributed by atoms with van der Waals surface area (Å²) in [7, 11) is 1.44. The highest BCUT2D eigenvalue weighted by molar-refractivity contribution is 5.85. The maximum atomic E-state index is 13.0. The minimum absolute atomic E-state index is 0.0448. The lowest BCUT2D eigenvalue weighted by atomic mass is 10.2. The number of ether oxygens (including phenoxy) is 1. The van der Waals surface area contributed by atoms with E-state index < -0.39 is 11.8 Å². The first-order valence-electron chi connectivity index (χ1n) is 5.40. The van der Waals surface area contributed by atoms with Crippen molar-refractivity contribution in [2.75, 3.05) is 12.4 Å². The summed E-state index contributed by atoms with van der Waals surface area (Å²) in [6.45, 7) is 0. The van der Waals surface area contributed by atoms with Crippen LogP contribution >= 0.6 is 0 Å². The van der Waals surface area contributed by atoms with E-state index in [4.69, 9.17) is 9.84 Å². The lowest BCUT2D eigenvalue weighted by Crippen LogP contribution is -2.01. The number of aromatic carboxylic acids is 1. The smallest absolute Gasteiger partial charge is 0.354 e. The summed E-state index contributed by atoms with van der Waals surface area (Å²) in [5.74, 6) is -1.14. The number of halogens is 1. The van der Waals surface area contributed by atoms with Crippen LogP contribution in [0.4, 0.5) is 15.8 Å². The Hall–Kier alpha value is -2.63. The summed E-state index contributed by atoms with van der Waals surface area (Å²) in [6.07, 6.45) is 1.38. The molecule has 0 saturated heterocycles. The normalized spacial score (nSPS) is 10.0. The SMILES string of the molecule is COc1cc(F)ccc1Nc1ccc(C(=O)O)nc1. The quantitative estimate of drug-likeness (QED) is 0.886. The highest BCUT2D eigenvalue weighted by Gasteiger charge is 2.07. The van der Waals surface area contributed by atoms with Crippen molar-refractivity contribution < 1.29 is 19.0 Å². The summed E-state index contributed by atoms with van der Waals surface area (Å²) in [5, 5.41) is 11.7. The van der Waals surface area contributed by atoms with Crippen LogP contribution in [-0.2, 0) is 0 Å². The molecule has 0 aliphatic rings. The summed E-state index contributed by atoms with van der Waals surface area (Å²) in [6, 6.07) is 7.02. The van der Waals surface area contributed by atoms with Crippen molar-refractivity contribution in [1.82, 2.24) is 4.98 Å². The van der Waals surface area contributed by atoms with Crippen LogP contribution in [0, 0.1) is 5.82 Å². The first-order valence-corrected chi connectivity index (χ1v) is 5.40. The standard InChI is InChI=1S/C13H11FN2O3/c1-19-12-6-8(14)2-4-10(12)16-9-3-5-11(13(17)18)15-7-9/h2-7,16H,1H3,(H,17,18). The predicted molar refractivity (Wildman–Crippen MR) is 67.4 cm³/mol. The molecule has 0 saturated carbocycles. The number of carboxylic acids is 1. The maximum absolute atomic E-state index is 13.0. The van der Waals surface area contributed by atoms with Gasteiger partial charge in [-0.15, -0.1) is 0 Å². The van der Waals surface area contributed by atoms with Crippen molar-refractivity contribution in [3.63, 3.8) is 0 Å². The van der Waals surface area contributed by atoms with E-state index in [0.717, 1.165) is 0 Å². The molecule has 1 aromatic carbocycles. The van der Waals surface area contributed by atoms with E-state index in [2.05, 4.69) is 10.3 Å². The summed E-state index contributed by atoms with van der Waals surface area (Å²) < 4.78 is 18.1. The van der Waals surface area contributed by atoms with Crippen LogP contribution in [0.1, 0.15) is 10.5 Å². The van der Waals surface area contributed by atoms with Crippen molar-refractivity contribution in [1.29, 1.82) is 0 Å². The summed E-state index contributed by atoms with van der Waals surface area (Å²) >= 11 is 0. The van der Waals surface area contributed by atoms with E-state index >= 15 is 0 Å². The van der Waals surface area contributed by atoms with Gasteiger partial charge in [0.25, 0.3) is 0 Å². The Bertz CT molecular complexity index is 599. The first-order chi connectivity index (χ1) is 9.10. The van der Waals surface area contributed by atoms with Gasteiger partial charge in [-0.05, 0) is 24.3 Å². The van der Waals surface area contributed by atoms with Gasteiger partial charge in [0.05, 0.1) is 24.7 Å². The molecule has 2 aromatic rings. The number of aromatic nitrogens is 1. The van der Waals surface area contributed by atoms with E-state index in [1.165, 1.54) is 37.6 Å². The van der Waals surface area contributed by atoms with Crippen LogP contribution < -0.4 is 10.1 Å². The van der Waals surface area contributed by atoms with Crippen LogP contribution in [-0.4, -0.2) is 23.2 Å². The molecular formula is C13H11FN2O3. The zero-order valence-electron chi connectivity index (χ0n) is 10.1. The number of anilines is 2. The van der Waals surface area contributed by atoms with Gasteiger partial charge in [0.2, 0.25) is 0 Å². The van der Waals surface area contributed by atoms with Crippen molar-refractivity contribution in [3.05, 3.63) is 48.0 Å². The van der Waals surface area contributed by atoms with Gasteiger partial charge >= 0.3 is 5.97 Å². The van der Waals surface area contributed by atoms with Crippen molar-refractivity contribution in [2.45, 2.75) is 0 Å². The number of benzene rings is 1. The third-order valence-electron chi connectivity index (χ3n) is 2.43. The van der Waals surface area contributed by atoms with Gasteiger partial charge in [0, 0.05) is 6.07 Å². The molecule has 2 rings (SSSR count). The molecular weight excluding hydrogens is 251 g/mol. The molecule has 0 aliphatic heterocycles. The molecule has 6 heteroatoms. The lowest BCUT2D eigenvalue weighted by molar-refractivity contribution is 0.0690. The molecule has 0 spiro atoms. The molecule has 0 unspecified atom stereocenters. The van der Waals surface area contributed by atoms with Crippen LogP contribution in [0.15, 0.2) is 36.5 Å². The van der Waals surface area contributed by atoms with Gasteiger partial charge in [-0.1, -0.05) is 0 Å². The Kier molecular flexibility index (Phi) is 3.61. The number of carbonyl (C=O) groups is 1. The van der Waals surface area contributed by atoms with Crippen LogP contribution in [0.5, 0.6) is 5.75 Å². The average Bonchev–Trinajstić information content (AvgIpc) is 2.41. The fourth-order valence-corrected chi connectivity index (χ4v) is 1.52. The fraction of sp³-hybridized carbons (Fsp3) is 0.0769. The average molecular weight is 262 g/mol.